The fourth-order valence-corrected chi connectivity index (χ4v) is 16.2. The highest BCUT2D eigenvalue weighted by Gasteiger charge is 2.25. The van der Waals surface area contributed by atoms with Crippen LogP contribution in [0.25, 0.3) is 43.9 Å². The molecule has 0 radical (unpaired) electrons. The number of hydrogen-bond acceptors (Lipinski definition) is 22. The van der Waals surface area contributed by atoms with Gasteiger partial charge in [-0.1, -0.05) is 354 Å². The van der Waals surface area contributed by atoms with Crippen molar-refractivity contribution in [3.05, 3.63) is 127 Å². The van der Waals surface area contributed by atoms with Gasteiger partial charge in [-0.2, -0.15) is 9.46 Å². The molecule has 0 saturated carbocycles. The average Bonchev–Trinajstić information content (AvgIpc) is 1.62. The molecule has 12 N–H and O–H groups in total. The Bertz CT molecular complexity index is 4570. The highest BCUT2D eigenvalue weighted by Crippen LogP contribution is 2.32. The van der Waals surface area contributed by atoms with Gasteiger partial charge >= 0.3 is 0 Å². The maximum absolute atomic E-state index is 12.2. The molecule has 726 valence electrons. The molecule has 0 aliphatic rings. The molecule has 0 unspecified atom stereocenters. The molecule has 0 fully saturated rings. The summed E-state index contributed by atoms with van der Waals surface area (Å²) in [7, 11) is 1.00. The van der Waals surface area contributed by atoms with Crippen molar-refractivity contribution in [1.29, 1.82) is 0 Å². The van der Waals surface area contributed by atoms with Crippen LogP contribution in [-0.4, -0.2) is 101 Å². The van der Waals surface area contributed by atoms with Crippen molar-refractivity contribution in [2.24, 2.45) is 11.5 Å². The number of rotatable bonds is 71. The Labute approximate surface area is 774 Å². The molecule has 0 aliphatic heterocycles. The third-order valence-electron chi connectivity index (χ3n) is 23.9. The first kappa shape index (κ1) is 113. The number of hydrogen-bond donors (Lipinski definition) is 8. The van der Waals surface area contributed by atoms with Crippen molar-refractivity contribution in [3.63, 3.8) is 0 Å². The first-order valence-electron chi connectivity index (χ1n) is 51.3. The zero-order valence-corrected chi connectivity index (χ0v) is 81.9. The maximum atomic E-state index is 12.2. The second kappa shape index (κ2) is 72.2. The van der Waals surface area contributed by atoms with Crippen LogP contribution in [0.2, 0.25) is 0 Å². The van der Waals surface area contributed by atoms with Crippen molar-refractivity contribution < 1.29 is 24.3 Å². The summed E-state index contributed by atoms with van der Waals surface area (Å²) < 4.78 is 13.8. The Morgan fingerprint density at radius 1 is 0.318 bits per heavy atom. The van der Waals surface area contributed by atoms with Gasteiger partial charge in [0.1, 0.15) is 64.0 Å². The molecule has 0 spiro atoms. The first-order valence-corrected chi connectivity index (χ1v) is 51.3. The topological polar surface area (TPSA) is 361 Å². The molecule has 0 saturated heterocycles. The number of nitrogens with two attached hydrogens (primary N) is 4. The second-order valence-corrected chi connectivity index (χ2v) is 34.8. The third-order valence-corrected chi connectivity index (χ3v) is 23.9. The van der Waals surface area contributed by atoms with Crippen molar-refractivity contribution >= 4 is 72.6 Å². The minimum atomic E-state index is -0.490. The quantitative estimate of drug-likeness (QED) is 0.0130. The highest BCUT2D eigenvalue weighted by atomic mass is 16.7. The zero-order valence-electron chi connectivity index (χ0n) is 81.9. The Kier molecular flexibility index (Phi) is 63.1. The number of imidazole rings is 2. The predicted molar refractivity (Wildman–Crippen MR) is 545 cm³/mol. The summed E-state index contributed by atoms with van der Waals surface area (Å²) in [4.78, 5) is 99.4. The van der Waals surface area contributed by atoms with E-state index in [-0.39, 0.29) is 11.5 Å². The van der Waals surface area contributed by atoms with Crippen molar-refractivity contribution in [3.8, 4) is 11.5 Å². The summed E-state index contributed by atoms with van der Waals surface area (Å²) in [5.41, 5.74) is 27.4. The lowest BCUT2D eigenvalue weighted by atomic mass is 10.0. The van der Waals surface area contributed by atoms with E-state index >= 15 is 0 Å². The molecule has 24 nitrogen and oxygen atoms in total. The Balaban J connectivity index is 0.000000366. The van der Waals surface area contributed by atoms with Gasteiger partial charge < -0.3 is 63.1 Å². The van der Waals surface area contributed by atoms with Gasteiger partial charge in [0.2, 0.25) is 5.43 Å². The van der Waals surface area contributed by atoms with Crippen LogP contribution >= 0.6 is 0 Å². The monoisotopic (exact) mass is 1790 g/mol. The molecule has 5 aromatic carbocycles. The number of aromatic nitrogens is 6. The minimum Gasteiger partial charge on any atom is -0.489 e. The fraction of sp³-hybridized carbons (Fsp3) is 0.695. The number of benzene rings is 2. The van der Waals surface area contributed by atoms with E-state index in [2.05, 4.69) is 60.5 Å². The summed E-state index contributed by atoms with van der Waals surface area (Å²) in [6.07, 6.45) is 70.6. The second-order valence-electron chi connectivity index (χ2n) is 34.8. The molecule has 0 aliphatic carbocycles. The number of aliphatic hydroxyl groups excluding tert-OH is 1. The van der Waals surface area contributed by atoms with Crippen molar-refractivity contribution in [2.75, 3.05) is 93.7 Å². The number of para-hydroxylation sites is 2. The number of aliphatic hydroxyl groups is 1. The number of nitrogens with one attached hydrogen (secondary N) is 3. The van der Waals surface area contributed by atoms with Crippen LogP contribution in [0.3, 0.4) is 0 Å². The summed E-state index contributed by atoms with van der Waals surface area (Å²) in [6.45, 7) is 21.9. The number of nitrogen functional groups attached to an aromatic ring is 2. The number of anilines is 5. The first-order chi connectivity index (χ1) is 63.1. The zero-order chi connectivity index (χ0) is 93.7. The van der Waals surface area contributed by atoms with Crippen LogP contribution in [0, 0.1) is 6.92 Å². The van der Waals surface area contributed by atoms with Crippen LogP contribution in [0.1, 0.15) is 406 Å². The molecule has 129 heavy (non-hydrogen) atoms. The number of aryl methyl sites for hydroxylation is 2. The van der Waals surface area contributed by atoms with Crippen LogP contribution in [0.4, 0.5) is 28.7 Å². The standard InChI is InChI=1S/C39H60N6O3.C23H41NO3.C18H25N5O.C17H37N.C7H8O3.CH4O/c1-3-5-7-8-9-10-11-12-13-14-15-16-17-18-21-27-41-33-34(38(47)37(33)46)42-28-22-23-29-48-45-32(26-6-4-2)44-35-36(45)30-24-19-20-25-31(30)43-39(35)40;1-3-5-6-7-8-9-10-11-12-13-14-15-16-17-18-19-24-20-21(25)22(26)23(20)27-4-2;1-2-3-10-15-22-16-17(23(15)24-12-7-6-11-19)13-8-4-5-9-14(13)21-18(16)20;1-2-3-4-5-6-7-8-9-10-11-12-13-14-15-16-17-18;1-3-10-7-4(2)5(8)6(7)9;1-2/h19-20,24-25,41-42H,3-18,21-23,26-29H2,1-2H3,(H2,40,43);24H,3-19H2,1-2H3;4-5,8-9H,2-3,6-7,10-12,19H2,1H3,(H2,20,21);2-18H2,1H3;3H2,1-2H3;2H,1H3. The molecule has 4 aromatic heterocycles. The average molecular weight is 1800 g/mol. The molecule has 0 atom stereocenters. The number of nitrogens with zero attached hydrogens (tertiary/aromatic N) is 6. The van der Waals surface area contributed by atoms with E-state index in [4.69, 9.17) is 57.2 Å². The summed E-state index contributed by atoms with van der Waals surface area (Å²) in [6, 6.07) is 15.9. The molecule has 9 rings (SSSR count). The van der Waals surface area contributed by atoms with Gasteiger partial charge in [0.15, 0.2) is 23.1 Å². The SMILES string of the molecule is CCCCCCCCCCCCCCCCCN.CCCCCCCCCCCCCCCCCNc1c(NCCCCOn2c(CCCC)nc3c(N)nc4ccccc4c32)c(=O)c1=O.CCCCCCCCCCCCCCCCCNc1c(OCC)c(=O)c1=O.CCCCc1nc2c(N)nc3ccccc3c2n1OCCCCN.CCOc1c(C)c(=O)c1=O.CO. The molecular formula is C105H175N13O11. The van der Waals surface area contributed by atoms with Gasteiger partial charge in [0.05, 0.1) is 24.2 Å². The van der Waals surface area contributed by atoms with E-state index in [0.29, 0.717) is 79.3 Å². The molecule has 9 aromatic rings. The van der Waals surface area contributed by atoms with Gasteiger partial charge in [-0.15, -0.1) is 0 Å². The van der Waals surface area contributed by atoms with Crippen LogP contribution < -0.4 is 90.6 Å². The van der Waals surface area contributed by atoms with E-state index in [0.717, 1.165) is 160 Å². The van der Waals surface area contributed by atoms with Crippen molar-refractivity contribution in [2.45, 2.75) is 409 Å². The van der Waals surface area contributed by atoms with E-state index in [9.17, 15) is 28.8 Å². The number of pyridine rings is 2. The number of fused-ring (bicyclic) bond motifs is 6. The van der Waals surface area contributed by atoms with Gasteiger partial charge in [0.25, 0.3) is 27.1 Å². The van der Waals surface area contributed by atoms with Gasteiger partial charge in [0, 0.05) is 55.9 Å². The normalized spacial score (nSPS) is 11.2. The van der Waals surface area contributed by atoms with E-state index < -0.39 is 32.6 Å². The lowest BCUT2D eigenvalue weighted by molar-refractivity contribution is 0.109. The molecule has 4 heterocycles. The van der Waals surface area contributed by atoms with Crippen LogP contribution in [-0.2, 0) is 12.8 Å². The van der Waals surface area contributed by atoms with E-state index in [1.54, 1.807) is 13.8 Å². The lowest BCUT2D eigenvalue weighted by Crippen LogP contribution is -2.37. The highest BCUT2D eigenvalue weighted by molar-refractivity contribution is 6.07. The largest absolute Gasteiger partial charge is 0.489 e. The van der Waals surface area contributed by atoms with Gasteiger partial charge in [-0.05, 0) is 104 Å². The van der Waals surface area contributed by atoms with E-state index in [1.165, 1.54) is 270 Å². The molecule has 0 amide bonds. The summed E-state index contributed by atoms with van der Waals surface area (Å²) in [5.74, 6) is 3.08. The third kappa shape index (κ3) is 42.3. The Hall–Kier alpha value is -8.48. The number of unbranched alkanes of at least 4 members (excludes halogenated alkanes) is 46. The van der Waals surface area contributed by atoms with Crippen LogP contribution in [0.15, 0.2) is 77.3 Å². The smallest absolute Gasteiger partial charge is 0.272 e. The van der Waals surface area contributed by atoms with Gasteiger partial charge in [-0.25, -0.2) is 19.9 Å². The molecule has 24 heteroatoms. The summed E-state index contributed by atoms with van der Waals surface area (Å²) >= 11 is 0. The van der Waals surface area contributed by atoms with E-state index in [1.807, 2.05) is 64.9 Å². The van der Waals surface area contributed by atoms with Crippen molar-refractivity contribution in [1.82, 2.24) is 29.4 Å². The minimum absolute atomic E-state index is 0.225. The Morgan fingerprint density at radius 2 is 0.589 bits per heavy atom. The maximum Gasteiger partial charge on any atom is 0.272 e. The Morgan fingerprint density at radius 3 is 0.915 bits per heavy atom. The van der Waals surface area contributed by atoms with Gasteiger partial charge in [-0.3, -0.25) is 28.8 Å². The lowest BCUT2D eigenvalue weighted by Gasteiger charge is -2.15. The predicted octanol–water partition coefficient (Wildman–Crippen LogP) is 22.8. The molecule has 0 bridgehead atoms. The summed E-state index contributed by atoms with van der Waals surface area (Å²) in [5, 5.41) is 18.5. The number of ether oxygens (including phenoxy) is 2. The fourth-order valence-electron chi connectivity index (χ4n) is 16.2. The molecular weight excluding hydrogens is 1620 g/mol. The van der Waals surface area contributed by atoms with Crippen LogP contribution in [0.5, 0.6) is 11.5 Å².